The number of carbonyl (C=O) groups is 1. The summed E-state index contributed by atoms with van der Waals surface area (Å²) >= 11 is 0. The van der Waals surface area contributed by atoms with Crippen molar-refractivity contribution in [2.75, 3.05) is 37.7 Å². The van der Waals surface area contributed by atoms with Gasteiger partial charge in [0.25, 0.3) is 5.91 Å². The Morgan fingerprint density at radius 1 is 1.21 bits per heavy atom. The molecule has 7 nitrogen and oxygen atoms in total. The third kappa shape index (κ3) is 6.02. The number of para-hydroxylation sites is 1. The van der Waals surface area contributed by atoms with Crippen LogP contribution in [0.3, 0.4) is 0 Å². The average Bonchev–Trinajstić information content (AvgIpc) is 2.81. The van der Waals surface area contributed by atoms with Gasteiger partial charge < -0.3 is 25.8 Å². The Bertz CT molecular complexity index is 985. The van der Waals surface area contributed by atoms with E-state index < -0.39 is 11.8 Å². The van der Waals surface area contributed by atoms with Crippen molar-refractivity contribution in [3.05, 3.63) is 53.1 Å². The zero-order valence-corrected chi connectivity index (χ0v) is 21.4. The molecule has 4 N–H and O–H groups in total. The number of likely N-dealkylation sites (tertiary alicyclic amines) is 1. The van der Waals surface area contributed by atoms with E-state index in [0.717, 1.165) is 54.0 Å². The molecule has 3 rings (SSSR count). The number of carbonyl (C=O) groups excluding carboxylic acids is 1. The Kier molecular flexibility index (Phi) is 8.10. The number of ether oxygens (including phenoxy) is 1. The lowest BCUT2D eigenvalue weighted by Gasteiger charge is -2.40. The second kappa shape index (κ2) is 10.7. The number of hydrogen-bond donors (Lipinski definition) is 3. The summed E-state index contributed by atoms with van der Waals surface area (Å²) in [6.07, 6.45) is 1.08. The predicted octanol–water partition coefficient (Wildman–Crippen LogP) is 3.70. The Balaban J connectivity index is 1.55. The van der Waals surface area contributed by atoms with Crippen LogP contribution in [0.15, 0.2) is 36.4 Å². The van der Waals surface area contributed by atoms with Gasteiger partial charge in [-0.3, -0.25) is 9.69 Å². The van der Waals surface area contributed by atoms with Gasteiger partial charge in [0.05, 0.1) is 0 Å². The smallest absolute Gasteiger partial charge is 0.266 e. The summed E-state index contributed by atoms with van der Waals surface area (Å²) in [6, 6.07) is 11.8. The van der Waals surface area contributed by atoms with E-state index in [4.69, 9.17) is 10.5 Å². The van der Waals surface area contributed by atoms with E-state index in [0.29, 0.717) is 12.3 Å². The Labute approximate surface area is 203 Å². The van der Waals surface area contributed by atoms with Crippen LogP contribution >= 0.6 is 0 Å². The van der Waals surface area contributed by atoms with Gasteiger partial charge in [-0.2, -0.15) is 0 Å². The molecule has 0 spiro atoms. The first kappa shape index (κ1) is 25.8. The third-order valence-electron chi connectivity index (χ3n) is 6.95. The highest BCUT2D eigenvalue weighted by Gasteiger charge is 2.37. The quantitative estimate of drug-likeness (QED) is 0.404. The molecule has 0 saturated carbocycles. The molecule has 1 atom stereocenters. The van der Waals surface area contributed by atoms with Crippen LogP contribution in [0.1, 0.15) is 43.4 Å². The Hall–Kier alpha value is -2.77. The standard InChI is InChI=1S/C27H40N4O3/c1-18-16-23(19(2)20(3)25(18)28)34-27(4,5)26(33)30(6)22-12-14-31(15-13-22)17-24(32)29-21-10-8-7-9-11-21/h7-11,16,22,24,29,32H,12-15,17,28H2,1-6H3. The van der Waals surface area contributed by atoms with Crippen LogP contribution in [0, 0.1) is 20.8 Å². The summed E-state index contributed by atoms with van der Waals surface area (Å²) in [7, 11) is 1.87. The van der Waals surface area contributed by atoms with E-state index in [9.17, 15) is 9.90 Å². The van der Waals surface area contributed by atoms with E-state index in [-0.39, 0.29) is 11.9 Å². The van der Waals surface area contributed by atoms with Crippen molar-refractivity contribution in [2.45, 2.75) is 65.3 Å². The van der Waals surface area contributed by atoms with Crippen LogP contribution in [0.5, 0.6) is 5.75 Å². The molecule has 0 aromatic heterocycles. The number of aliphatic hydroxyl groups is 1. The number of hydrogen-bond acceptors (Lipinski definition) is 6. The molecule has 0 aliphatic carbocycles. The van der Waals surface area contributed by atoms with Gasteiger partial charge >= 0.3 is 0 Å². The molecule has 2 aromatic carbocycles. The molecule has 2 aromatic rings. The minimum atomic E-state index is -0.999. The maximum atomic E-state index is 13.4. The zero-order valence-electron chi connectivity index (χ0n) is 21.4. The van der Waals surface area contributed by atoms with E-state index >= 15 is 0 Å². The molecule has 1 amide bonds. The number of rotatable bonds is 8. The number of benzene rings is 2. The largest absolute Gasteiger partial charge is 0.478 e. The molecular formula is C27H40N4O3. The minimum absolute atomic E-state index is 0.0386. The topological polar surface area (TPSA) is 91.1 Å². The predicted molar refractivity (Wildman–Crippen MR) is 138 cm³/mol. The van der Waals surface area contributed by atoms with E-state index in [2.05, 4.69) is 10.2 Å². The third-order valence-corrected chi connectivity index (χ3v) is 6.95. The van der Waals surface area contributed by atoms with Gasteiger partial charge in [0.1, 0.15) is 12.0 Å². The summed E-state index contributed by atoms with van der Waals surface area (Å²) in [5, 5.41) is 13.5. The molecule has 1 unspecified atom stereocenters. The van der Waals surface area contributed by atoms with E-state index in [1.807, 2.05) is 83.0 Å². The number of nitrogens with two attached hydrogens (primary N) is 1. The van der Waals surface area contributed by atoms with Gasteiger partial charge in [0.15, 0.2) is 5.60 Å². The SMILES string of the molecule is Cc1cc(OC(C)(C)C(=O)N(C)C2CCN(CC(O)Nc3ccccc3)CC2)c(C)c(C)c1N. The lowest BCUT2D eigenvalue weighted by atomic mass is 9.99. The molecule has 1 aliphatic heterocycles. The van der Waals surface area contributed by atoms with Gasteiger partial charge in [-0.15, -0.1) is 0 Å². The number of nitrogens with zero attached hydrogens (tertiary/aromatic N) is 2. The molecular weight excluding hydrogens is 428 g/mol. The summed E-state index contributed by atoms with van der Waals surface area (Å²) in [5.41, 5.74) is 9.72. The van der Waals surface area contributed by atoms with Crippen molar-refractivity contribution in [3.8, 4) is 5.75 Å². The fourth-order valence-electron chi connectivity index (χ4n) is 4.59. The molecule has 186 valence electrons. The lowest BCUT2D eigenvalue weighted by Crippen LogP contribution is -2.54. The van der Waals surface area contributed by atoms with Crippen LogP contribution in [0.25, 0.3) is 0 Å². The number of aliphatic hydroxyl groups excluding tert-OH is 1. The highest BCUT2D eigenvalue weighted by Crippen LogP contribution is 2.32. The fourth-order valence-corrected chi connectivity index (χ4v) is 4.59. The first-order chi connectivity index (χ1) is 16.0. The first-order valence-electron chi connectivity index (χ1n) is 12.0. The highest BCUT2D eigenvalue weighted by atomic mass is 16.5. The second-order valence-corrected chi connectivity index (χ2v) is 9.94. The number of β-amino-alcohol motifs (C(OH)–C–C–N with tert-alkyl or cyclic N) is 1. The first-order valence-corrected chi connectivity index (χ1v) is 12.0. The van der Waals surface area contributed by atoms with Crippen LogP contribution < -0.4 is 15.8 Å². The minimum Gasteiger partial charge on any atom is -0.478 e. The Morgan fingerprint density at radius 3 is 2.44 bits per heavy atom. The van der Waals surface area contributed by atoms with E-state index in [1.54, 1.807) is 0 Å². The molecule has 7 heteroatoms. The number of nitrogens with one attached hydrogen (secondary N) is 1. The average molecular weight is 469 g/mol. The number of likely N-dealkylation sites (N-methyl/N-ethyl adjacent to an activating group) is 1. The maximum Gasteiger partial charge on any atom is 0.266 e. The van der Waals surface area contributed by atoms with E-state index in [1.165, 1.54) is 0 Å². The van der Waals surface area contributed by atoms with Crippen LogP contribution in [-0.2, 0) is 4.79 Å². The summed E-state index contributed by atoms with van der Waals surface area (Å²) in [6.45, 7) is 11.8. The van der Waals surface area contributed by atoms with Crippen LogP contribution in [0.4, 0.5) is 11.4 Å². The van der Waals surface area contributed by atoms with Gasteiger partial charge in [0.2, 0.25) is 0 Å². The molecule has 1 fully saturated rings. The number of amides is 1. The second-order valence-electron chi connectivity index (χ2n) is 9.94. The van der Waals surface area contributed by atoms with Crippen LogP contribution in [0.2, 0.25) is 0 Å². The van der Waals surface area contributed by atoms with Gasteiger partial charge in [-0.25, -0.2) is 0 Å². The number of piperidine rings is 1. The zero-order chi connectivity index (χ0) is 25.0. The number of anilines is 2. The molecule has 1 heterocycles. The van der Waals surface area contributed by atoms with Crippen molar-refractivity contribution < 1.29 is 14.6 Å². The van der Waals surface area contributed by atoms with Gasteiger partial charge in [0, 0.05) is 44.1 Å². The summed E-state index contributed by atoms with van der Waals surface area (Å²) < 4.78 is 6.25. The summed E-state index contributed by atoms with van der Waals surface area (Å²) in [4.78, 5) is 17.5. The van der Waals surface area contributed by atoms with Gasteiger partial charge in [-0.1, -0.05) is 18.2 Å². The normalized spacial score (nSPS) is 16.2. The van der Waals surface area contributed by atoms with Crippen molar-refractivity contribution in [2.24, 2.45) is 0 Å². The molecule has 0 bridgehead atoms. The van der Waals surface area contributed by atoms with Gasteiger partial charge in [-0.05, 0) is 82.3 Å². The molecule has 1 saturated heterocycles. The Morgan fingerprint density at radius 2 is 1.82 bits per heavy atom. The lowest BCUT2D eigenvalue weighted by molar-refractivity contribution is -0.147. The van der Waals surface area contributed by atoms with Crippen molar-refractivity contribution in [3.63, 3.8) is 0 Å². The number of nitrogen functional groups attached to an aromatic ring is 1. The number of aryl methyl sites for hydroxylation is 1. The maximum absolute atomic E-state index is 13.4. The van der Waals surface area contributed by atoms with Crippen molar-refractivity contribution in [1.29, 1.82) is 0 Å². The van der Waals surface area contributed by atoms with Crippen molar-refractivity contribution >= 4 is 17.3 Å². The highest BCUT2D eigenvalue weighted by molar-refractivity contribution is 5.85. The molecule has 34 heavy (non-hydrogen) atoms. The monoisotopic (exact) mass is 468 g/mol. The fraction of sp³-hybridized carbons (Fsp3) is 0.519. The summed E-state index contributed by atoms with van der Waals surface area (Å²) in [5.74, 6) is 0.661. The molecule has 1 aliphatic rings. The molecule has 0 radical (unpaired) electrons. The van der Waals surface area contributed by atoms with Crippen LogP contribution in [-0.4, -0.2) is 65.4 Å². The van der Waals surface area contributed by atoms with Crippen molar-refractivity contribution in [1.82, 2.24) is 9.80 Å².